The van der Waals surface area contributed by atoms with Crippen molar-refractivity contribution in [2.75, 3.05) is 6.54 Å². The summed E-state index contributed by atoms with van der Waals surface area (Å²) in [5, 5.41) is 9.82. The fourth-order valence-electron chi connectivity index (χ4n) is 4.60. The lowest BCUT2D eigenvalue weighted by atomic mass is 9.84. The van der Waals surface area contributed by atoms with Crippen molar-refractivity contribution in [3.8, 4) is 5.75 Å². The van der Waals surface area contributed by atoms with Crippen molar-refractivity contribution < 1.29 is 32.3 Å². The van der Waals surface area contributed by atoms with E-state index in [-0.39, 0.29) is 35.6 Å². The molecule has 0 saturated heterocycles. The Bertz CT molecular complexity index is 1430. The number of nitrogens with zero attached hydrogens (tertiary/aromatic N) is 1. The number of hydrogen-bond acceptors (Lipinski definition) is 6. The third-order valence-electron chi connectivity index (χ3n) is 6.87. The quantitative estimate of drug-likeness (QED) is 0.411. The first-order chi connectivity index (χ1) is 17.5. The number of para-hydroxylation sites is 1. The molecule has 0 amide bonds. The number of benzene rings is 2. The van der Waals surface area contributed by atoms with Crippen LogP contribution in [0.25, 0.3) is 0 Å². The van der Waals surface area contributed by atoms with E-state index in [4.69, 9.17) is 9.15 Å². The predicted molar refractivity (Wildman–Crippen MR) is 137 cm³/mol. The SMILES string of the molecule is CC[C@@H]1CN(Cc2cc(C(c3ccc(C(C)=O)o3)C(C)C(=O)O)ccc2C)S(=O)(=O)c2ccccc2O1. The predicted octanol–water partition coefficient (Wildman–Crippen LogP) is 5.01. The number of hydrogen-bond donors (Lipinski definition) is 1. The third kappa shape index (κ3) is 5.33. The van der Waals surface area contributed by atoms with Crippen LogP contribution < -0.4 is 4.74 Å². The molecule has 2 heterocycles. The summed E-state index contributed by atoms with van der Waals surface area (Å²) in [5.41, 5.74) is 2.28. The van der Waals surface area contributed by atoms with Crippen LogP contribution >= 0.6 is 0 Å². The number of ether oxygens (including phenoxy) is 1. The average molecular weight is 526 g/mol. The van der Waals surface area contributed by atoms with E-state index >= 15 is 0 Å². The highest BCUT2D eigenvalue weighted by atomic mass is 32.2. The van der Waals surface area contributed by atoms with Gasteiger partial charge in [-0.05, 0) is 54.3 Å². The van der Waals surface area contributed by atoms with Gasteiger partial charge in [-0.15, -0.1) is 0 Å². The molecular weight excluding hydrogens is 494 g/mol. The van der Waals surface area contributed by atoms with Gasteiger partial charge in [0.2, 0.25) is 10.0 Å². The Labute approximate surface area is 216 Å². The number of aliphatic carboxylic acids is 1. The van der Waals surface area contributed by atoms with Crippen molar-refractivity contribution in [1.82, 2.24) is 4.31 Å². The summed E-state index contributed by atoms with van der Waals surface area (Å²) in [5.74, 6) is -1.92. The second-order valence-electron chi connectivity index (χ2n) is 9.44. The van der Waals surface area contributed by atoms with E-state index in [2.05, 4.69) is 0 Å². The summed E-state index contributed by atoms with van der Waals surface area (Å²) in [6, 6.07) is 15.3. The maximum absolute atomic E-state index is 13.6. The van der Waals surface area contributed by atoms with Crippen molar-refractivity contribution in [2.24, 2.45) is 5.92 Å². The van der Waals surface area contributed by atoms with Gasteiger partial charge in [-0.3, -0.25) is 9.59 Å². The number of carboxylic acid groups (broad SMARTS) is 1. The minimum atomic E-state index is -3.84. The van der Waals surface area contributed by atoms with Gasteiger partial charge in [0.1, 0.15) is 22.5 Å². The van der Waals surface area contributed by atoms with Gasteiger partial charge in [0.25, 0.3) is 0 Å². The maximum atomic E-state index is 13.6. The monoisotopic (exact) mass is 525 g/mol. The van der Waals surface area contributed by atoms with E-state index < -0.39 is 27.8 Å². The van der Waals surface area contributed by atoms with Crippen LogP contribution in [0.5, 0.6) is 5.75 Å². The first-order valence-electron chi connectivity index (χ1n) is 12.2. The van der Waals surface area contributed by atoms with Gasteiger partial charge in [0.05, 0.1) is 18.4 Å². The average Bonchev–Trinajstić information content (AvgIpc) is 3.31. The molecule has 3 atom stereocenters. The number of Topliss-reactive ketones (excluding diaryl/α,β-unsaturated/α-hetero) is 1. The van der Waals surface area contributed by atoms with Crippen LogP contribution in [0, 0.1) is 12.8 Å². The molecule has 1 N–H and O–H groups in total. The van der Waals surface area contributed by atoms with Crippen LogP contribution in [-0.2, 0) is 21.4 Å². The summed E-state index contributed by atoms with van der Waals surface area (Å²) in [6.45, 7) is 7.10. The van der Waals surface area contributed by atoms with E-state index in [1.165, 1.54) is 11.2 Å². The summed E-state index contributed by atoms with van der Waals surface area (Å²) < 4.78 is 40.4. The standard InChI is InChI=1S/C28H31NO7S/c1-5-22-16-29(37(33,34)26-9-7-6-8-24(26)35-22)15-21-14-20(11-10-17(21)2)27(18(3)28(31)32)25-13-12-23(36-25)19(4)30/h6-14,18,22,27H,5,15-16H2,1-4H3,(H,31,32)/t18?,22-,27?/m1/s1. The molecule has 1 aromatic heterocycles. The molecule has 1 aliphatic heterocycles. The number of carbonyl (C=O) groups is 2. The highest BCUT2D eigenvalue weighted by Crippen LogP contribution is 2.36. The summed E-state index contributed by atoms with van der Waals surface area (Å²) in [6.07, 6.45) is 0.323. The van der Waals surface area contributed by atoms with Gasteiger partial charge < -0.3 is 14.3 Å². The van der Waals surface area contributed by atoms with Gasteiger partial charge >= 0.3 is 5.97 Å². The summed E-state index contributed by atoms with van der Waals surface area (Å²) >= 11 is 0. The Balaban J connectivity index is 1.75. The van der Waals surface area contributed by atoms with E-state index in [1.54, 1.807) is 43.3 Å². The van der Waals surface area contributed by atoms with Crippen molar-refractivity contribution in [1.29, 1.82) is 0 Å². The molecule has 9 heteroatoms. The summed E-state index contributed by atoms with van der Waals surface area (Å²) in [4.78, 5) is 23.9. The van der Waals surface area contributed by atoms with Crippen LogP contribution in [-0.4, -0.2) is 42.2 Å². The lowest BCUT2D eigenvalue weighted by Gasteiger charge is -2.25. The van der Waals surface area contributed by atoms with Crippen LogP contribution in [0.15, 0.2) is 63.9 Å². The molecule has 0 saturated carbocycles. The number of sulfonamides is 1. The molecule has 0 radical (unpaired) electrons. The third-order valence-corrected chi connectivity index (χ3v) is 8.72. The zero-order chi connectivity index (χ0) is 26.9. The maximum Gasteiger partial charge on any atom is 0.307 e. The van der Waals surface area contributed by atoms with Gasteiger partial charge in [0, 0.05) is 13.5 Å². The number of ketones is 1. The lowest BCUT2D eigenvalue weighted by molar-refractivity contribution is -0.141. The Hall–Kier alpha value is -3.43. The molecule has 0 bridgehead atoms. The second-order valence-corrected chi connectivity index (χ2v) is 11.3. The Morgan fingerprint density at radius 1 is 1.14 bits per heavy atom. The van der Waals surface area contributed by atoms with Crippen LogP contribution in [0.2, 0.25) is 0 Å². The molecule has 1 aliphatic rings. The van der Waals surface area contributed by atoms with Crippen LogP contribution in [0.1, 0.15) is 66.1 Å². The molecule has 4 rings (SSSR count). The smallest absolute Gasteiger partial charge is 0.307 e. The molecule has 0 spiro atoms. The molecule has 37 heavy (non-hydrogen) atoms. The largest absolute Gasteiger partial charge is 0.488 e. The van der Waals surface area contributed by atoms with Crippen LogP contribution in [0.3, 0.4) is 0 Å². The topological polar surface area (TPSA) is 114 Å². The normalized spacial score (nSPS) is 18.8. The highest BCUT2D eigenvalue weighted by molar-refractivity contribution is 7.89. The Kier molecular flexibility index (Phi) is 7.57. The zero-order valence-corrected chi connectivity index (χ0v) is 22.1. The van der Waals surface area contributed by atoms with Crippen molar-refractivity contribution >= 4 is 21.8 Å². The van der Waals surface area contributed by atoms with Gasteiger partial charge in [0.15, 0.2) is 11.5 Å². The molecule has 196 valence electrons. The second kappa shape index (κ2) is 10.5. The molecular formula is C28H31NO7S. The van der Waals surface area contributed by atoms with Crippen molar-refractivity contribution in [3.05, 3.63) is 82.8 Å². The number of carboxylic acids is 1. The molecule has 0 aliphatic carbocycles. The minimum Gasteiger partial charge on any atom is -0.488 e. The fourth-order valence-corrected chi connectivity index (χ4v) is 6.17. The highest BCUT2D eigenvalue weighted by Gasteiger charge is 2.35. The number of rotatable bonds is 8. The molecule has 0 fully saturated rings. The number of furan rings is 1. The number of carbonyl (C=O) groups excluding carboxylic acids is 1. The first kappa shape index (κ1) is 26.6. The molecule has 8 nitrogen and oxygen atoms in total. The van der Waals surface area contributed by atoms with E-state index in [1.807, 2.05) is 32.0 Å². The van der Waals surface area contributed by atoms with E-state index in [9.17, 15) is 23.1 Å². The van der Waals surface area contributed by atoms with Gasteiger partial charge in [-0.1, -0.05) is 44.2 Å². The van der Waals surface area contributed by atoms with Crippen LogP contribution in [0.4, 0.5) is 0 Å². The van der Waals surface area contributed by atoms with Gasteiger partial charge in [-0.2, -0.15) is 4.31 Å². The molecule has 3 aromatic rings. The van der Waals surface area contributed by atoms with E-state index in [0.717, 1.165) is 11.1 Å². The zero-order valence-electron chi connectivity index (χ0n) is 21.3. The van der Waals surface area contributed by atoms with Crippen molar-refractivity contribution in [3.63, 3.8) is 0 Å². The molecule has 2 unspecified atom stereocenters. The molecule has 2 aromatic carbocycles. The first-order valence-corrected chi connectivity index (χ1v) is 13.7. The number of fused-ring (bicyclic) bond motifs is 1. The fraction of sp³-hybridized carbons (Fsp3) is 0.357. The van der Waals surface area contributed by atoms with Crippen molar-refractivity contribution in [2.45, 2.75) is 57.6 Å². The number of aryl methyl sites for hydroxylation is 1. The Morgan fingerprint density at radius 2 is 1.86 bits per heavy atom. The lowest BCUT2D eigenvalue weighted by Crippen LogP contribution is -2.36. The Morgan fingerprint density at radius 3 is 2.51 bits per heavy atom. The van der Waals surface area contributed by atoms with E-state index in [0.29, 0.717) is 23.5 Å². The minimum absolute atomic E-state index is 0.0984. The summed E-state index contributed by atoms with van der Waals surface area (Å²) in [7, 11) is -3.84. The van der Waals surface area contributed by atoms with Gasteiger partial charge in [-0.25, -0.2) is 8.42 Å².